The van der Waals surface area contributed by atoms with Gasteiger partial charge in [0.25, 0.3) is 5.91 Å². The van der Waals surface area contributed by atoms with Crippen molar-refractivity contribution in [2.24, 2.45) is 5.84 Å². The van der Waals surface area contributed by atoms with Gasteiger partial charge >= 0.3 is 0 Å². The van der Waals surface area contributed by atoms with E-state index in [1.54, 1.807) is 28.7 Å². The highest BCUT2D eigenvalue weighted by atomic mass is 79.9. The van der Waals surface area contributed by atoms with E-state index in [9.17, 15) is 4.79 Å². The molecule has 0 aliphatic heterocycles. The Morgan fingerprint density at radius 1 is 1.08 bits per heavy atom. The number of nitrogens with one attached hydrogen (secondary N) is 1. The van der Waals surface area contributed by atoms with Crippen molar-refractivity contribution in [2.75, 3.05) is 0 Å². The molecule has 0 spiro atoms. The number of fused-ring (bicyclic) bond motifs is 1. The summed E-state index contributed by atoms with van der Waals surface area (Å²) in [7, 11) is 0. The van der Waals surface area contributed by atoms with Crippen molar-refractivity contribution in [3.05, 3.63) is 63.9 Å². The lowest BCUT2D eigenvalue weighted by atomic mass is 10.1. The average Bonchev–Trinajstić information content (AvgIpc) is 3.31. The Bertz CT molecular complexity index is 1070. The molecule has 0 aliphatic carbocycles. The minimum Gasteiger partial charge on any atom is -0.290 e. The number of hydrazine groups is 1. The topological polar surface area (TPSA) is 68.0 Å². The van der Waals surface area contributed by atoms with Gasteiger partial charge in [0.05, 0.1) is 21.7 Å². The van der Waals surface area contributed by atoms with Crippen LogP contribution in [0.15, 0.2) is 58.4 Å². The third kappa shape index (κ3) is 3.11. The number of halogens is 1. The lowest BCUT2D eigenvalue weighted by Crippen LogP contribution is -2.30. The zero-order valence-corrected chi connectivity index (χ0v) is 16.0. The van der Waals surface area contributed by atoms with Gasteiger partial charge < -0.3 is 0 Å². The molecule has 3 heterocycles. The third-order valence-corrected chi connectivity index (χ3v) is 6.44. The SMILES string of the molecule is NNC(=O)c1cc(-c2ccc(-c3cccs3)s2)nc2ccc(Br)cc12. The quantitative estimate of drug-likeness (QED) is 0.271. The van der Waals surface area contributed by atoms with Crippen LogP contribution in [-0.2, 0) is 0 Å². The van der Waals surface area contributed by atoms with Gasteiger partial charge in [0, 0.05) is 19.6 Å². The van der Waals surface area contributed by atoms with Crippen LogP contribution in [0.1, 0.15) is 10.4 Å². The largest absolute Gasteiger partial charge is 0.290 e. The second-order valence-corrected chi connectivity index (χ2v) is 8.28. The number of pyridine rings is 1. The number of hydrogen-bond donors (Lipinski definition) is 2. The van der Waals surface area contributed by atoms with Crippen LogP contribution < -0.4 is 11.3 Å². The standard InChI is InChI=1S/C18H12BrN3OS2/c19-10-3-4-13-11(8-10)12(18(23)22-20)9-14(21-13)15-5-6-17(25-15)16-2-1-7-24-16/h1-9H,20H2,(H,22,23). The average molecular weight is 430 g/mol. The fourth-order valence-electron chi connectivity index (χ4n) is 2.62. The highest BCUT2D eigenvalue weighted by Gasteiger charge is 2.15. The van der Waals surface area contributed by atoms with Gasteiger partial charge in [-0.15, -0.1) is 22.7 Å². The van der Waals surface area contributed by atoms with Crippen molar-refractivity contribution < 1.29 is 4.79 Å². The van der Waals surface area contributed by atoms with Gasteiger partial charge in [0.2, 0.25) is 0 Å². The molecule has 4 nitrogen and oxygen atoms in total. The van der Waals surface area contributed by atoms with Crippen molar-refractivity contribution >= 4 is 55.4 Å². The Kier molecular flexibility index (Phi) is 4.39. The van der Waals surface area contributed by atoms with E-state index in [0.29, 0.717) is 5.56 Å². The smallest absolute Gasteiger partial charge is 0.265 e. The number of carbonyl (C=O) groups excluding carboxylic acids is 1. The number of hydrogen-bond acceptors (Lipinski definition) is 5. The van der Waals surface area contributed by atoms with Crippen LogP contribution in [0.3, 0.4) is 0 Å². The van der Waals surface area contributed by atoms with Crippen LogP contribution in [0.25, 0.3) is 31.2 Å². The summed E-state index contributed by atoms with van der Waals surface area (Å²) in [4.78, 5) is 20.4. The summed E-state index contributed by atoms with van der Waals surface area (Å²) in [5, 5.41) is 2.82. The van der Waals surface area contributed by atoms with Crippen molar-refractivity contribution in [1.29, 1.82) is 0 Å². The number of aromatic nitrogens is 1. The molecule has 0 saturated heterocycles. The first-order valence-corrected chi connectivity index (χ1v) is 9.90. The molecule has 1 aromatic carbocycles. The molecule has 0 unspecified atom stereocenters. The minimum absolute atomic E-state index is 0.332. The van der Waals surface area contributed by atoms with Crippen LogP contribution in [0, 0.1) is 0 Å². The first kappa shape index (κ1) is 16.4. The predicted molar refractivity (Wildman–Crippen MR) is 108 cm³/mol. The maximum atomic E-state index is 12.2. The Hall–Kier alpha value is -2.06. The van der Waals surface area contributed by atoms with Crippen molar-refractivity contribution in [1.82, 2.24) is 10.4 Å². The van der Waals surface area contributed by atoms with Gasteiger partial charge in [-0.25, -0.2) is 10.8 Å². The van der Waals surface area contributed by atoms with E-state index >= 15 is 0 Å². The van der Waals surface area contributed by atoms with Gasteiger partial charge in [-0.3, -0.25) is 10.2 Å². The van der Waals surface area contributed by atoms with Crippen molar-refractivity contribution in [2.45, 2.75) is 0 Å². The molecule has 0 radical (unpaired) electrons. The summed E-state index contributed by atoms with van der Waals surface area (Å²) < 4.78 is 0.886. The van der Waals surface area contributed by atoms with Crippen molar-refractivity contribution in [3.8, 4) is 20.3 Å². The molecule has 3 aromatic heterocycles. The van der Waals surface area contributed by atoms with E-state index < -0.39 is 0 Å². The number of nitrogen functional groups attached to an aromatic ring is 1. The summed E-state index contributed by atoms with van der Waals surface area (Å²) >= 11 is 6.80. The summed E-state index contributed by atoms with van der Waals surface area (Å²) in [6.07, 6.45) is 0. The second kappa shape index (κ2) is 6.68. The van der Waals surface area contributed by atoms with Gasteiger partial charge in [0.1, 0.15) is 0 Å². The fraction of sp³-hybridized carbons (Fsp3) is 0. The highest BCUT2D eigenvalue weighted by molar-refractivity contribution is 9.10. The molecule has 0 aliphatic rings. The van der Waals surface area contributed by atoms with E-state index in [1.165, 1.54) is 9.75 Å². The van der Waals surface area contributed by atoms with Gasteiger partial charge in [0.15, 0.2) is 0 Å². The second-order valence-electron chi connectivity index (χ2n) is 5.33. The monoisotopic (exact) mass is 429 g/mol. The van der Waals surface area contributed by atoms with Crippen LogP contribution in [0.5, 0.6) is 0 Å². The van der Waals surface area contributed by atoms with Crippen LogP contribution in [-0.4, -0.2) is 10.9 Å². The summed E-state index contributed by atoms with van der Waals surface area (Å²) in [6, 6.07) is 15.7. The molecule has 4 aromatic rings. The first-order valence-electron chi connectivity index (χ1n) is 7.41. The van der Waals surface area contributed by atoms with E-state index in [1.807, 2.05) is 30.3 Å². The molecule has 0 saturated carbocycles. The minimum atomic E-state index is -0.332. The highest BCUT2D eigenvalue weighted by Crippen LogP contribution is 2.37. The summed E-state index contributed by atoms with van der Waals surface area (Å²) in [5.41, 5.74) is 4.25. The molecule has 4 rings (SSSR count). The normalized spacial score (nSPS) is 11.0. The van der Waals surface area contributed by atoms with E-state index in [2.05, 4.69) is 38.9 Å². The van der Waals surface area contributed by atoms with E-state index in [4.69, 9.17) is 10.8 Å². The first-order chi connectivity index (χ1) is 12.2. The molecule has 25 heavy (non-hydrogen) atoms. The third-order valence-electron chi connectivity index (χ3n) is 3.77. The molecule has 3 N–H and O–H groups in total. The molecular formula is C18H12BrN3OS2. The molecule has 0 atom stereocenters. The lowest BCUT2D eigenvalue weighted by Gasteiger charge is -2.08. The summed E-state index contributed by atoms with van der Waals surface area (Å²) in [5.74, 6) is 5.03. The van der Waals surface area contributed by atoms with Crippen LogP contribution in [0.4, 0.5) is 0 Å². The Balaban J connectivity index is 1.88. The van der Waals surface area contributed by atoms with Crippen molar-refractivity contribution in [3.63, 3.8) is 0 Å². The van der Waals surface area contributed by atoms with Gasteiger partial charge in [-0.1, -0.05) is 22.0 Å². The number of carbonyl (C=O) groups is 1. The molecular weight excluding hydrogens is 418 g/mol. The number of rotatable bonds is 3. The predicted octanol–water partition coefficient (Wildman–Crippen LogP) is 5.06. The van der Waals surface area contributed by atoms with E-state index in [0.717, 1.165) is 25.9 Å². The Morgan fingerprint density at radius 3 is 2.68 bits per heavy atom. The molecule has 7 heteroatoms. The molecule has 0 bridgehead atoms. The maximum absolute atomic E-state index is 12.2. The number of nitrogens with two attached hydrogens (primary N) is 1. The number of thiophene rings is 2. The fourth-order valence-corrected chi connectivity index (χ4v) is 4.78. The number of benzene rings is 1. The molecule has 1 amide bonds. The van der Waals surface area contributed by atoms with Gasteiger partial charge in [-0.2, -0.15) is 0 Å². The molecule has 0 fully saturated rings. The van der Waals surface area contributed by atoms with Gasteiger partial charge in [-0.05, 0) is 47.8 Å². The maximum Gasteiger partial charge on any atom is 0.265 e. The zero-order valence-electron chi connectivity index (χ0n) is 12.8. The Morgan fingerprint density at radius 2 is 1.92 bits per heavy atom. The van der Waals surface area contributed by atoms with E-state index in [-0.39, 0.29) is 5.91 Å². The lowest BCUT2D eigenvalue weighted by molar-refractivity contribution is 0.0955. The van der Waals surface area contributed by atoms with Crippen LogP contribution in [0.2, 0.25) is 0 Å². The Labute approximate surface area is 160 Å². The number of nitrogens with zero attached hydrogens (tertiary/aromatic N) is 1. The summed E-state index contributed by atoms with van der Waals surface area (Å²) in [6.45, 7) is 0. The van der Waals surface area contributed by atoms with Crippen LogP contribution >= 0.6 is 38.6 Å². The molecule has 124 valence electrons. The number of amides is 1. The zero-order chi connectivity index (χ0) is 17.4.